The molecule has 7 heteroatoms. The maximum atomic E-state index is 11.0. The first kappa shape index (κ1) is 9.59. The van der Waals surface area contributed by atoms with Gasteiger partial charge in [0.15, 0.2) is 20.6 Å². The number of rotatable bonds is 2. The van der Waals surface area contributed by atoms with Gasteiger partial charge in [0.25, 0.3) is 0 Å². The van der Waals surface area contributed by atoms with Crippen molar-refractivity contribution in [3.8, 4) is 0 Å². The maximum absolute atomic E-state index is 11.0. The van der Waals surface area contributed by atoms with Crippen LogP contribution in [-0.4, -0.2) is 35.7 Å². The van der Waals surface area contributed by atoms with Gasteiger partial charge in [-0.05, 0) is 0 Å². The Kier molecular flexibility index (Phi) is 2.28. The summed E-state index contributed by atoms with van der Waals surface area (Å²) >= 11 is 0. The van der Waals surface area contributed by atoms with Crippen molar-refractivity contribution in [3.05, 3.63) is 18.1 Å². The summed E-state index contributed by atoms with van der Waals surface area (Å²) in [5.41, 5.74) is -0.551. The molecule has 0 radical (unpaired) electrons. The number of aromatic nitrogens is 2. The molecule has 0 bridgehead atoms. The predicted molar refractivity (Wildman–Crippen MR) is 42.1 cm³/mol. The highest BCUT2D eigenvalue weighted by Crippen LogP contribution is 2.08. The Bertz CT molecular complexity index is 440. The number of aromatic carboxylic acids is 1. The lowest BCUT2D eigenvalue weighted by Crippen LogP contribution is -2.11. The molecule has 13 heavy (non-hydrogen) atoms. The van der Waals surface area contributed by atoms with Crippen molar-refractivity contribution in [1.29, 1.82) is 0 Å². The molecule has 1 N–H and O–H groups in total. The van der Waals surface area contributed by atoms with Crippen LogP contribution in [0.25, 0.3) is 0 Å². The van der Waals surface area contributed by atoms with Gasteiger partial charge in [-0.3, -0.25) is 0 Å². The Morgan fingerprint density at radius 3 is 2.31 bits per heavy atom. The van der Waals surface area contributed by atoms with Crippen molar-refractivity contribution in [2.24, 2.45) is 0 Å². The average molecular weight is 202 g/mol. The first-order valence-corrected chi connectivity index (χ1v) is 5.06. The molecule has 1 aromatic heterocycles. The van der Waals surface area contributed by atoms with Gasteiger partial charge in [-0.15, -0.1) is 0 Å². The Morgan fingerprint density at radius 2 is 1.92 bits per heavy atom. The lowest BCUT2D eigenvalue weighted by Gasteiger charge is -1.99. The van der Waals surface area contributed by atoms with E-state index in [0.717, 1.165) is 18.6 Å². The molecule has 70 valence electrons. The number of carbonyl (C=O) groups is 1. The van der Waals surface area contributed by atoms with Gasteiger partial charge in [0.05, 0.1) is 0 Å². The summed E-state index contributed by atoms with van der Waals surface area (Å²) in [5, 5.41) is 8.05. The number of carboxylic acids is 1. The van der Waals surface area contributed by atoms with Gasteiger partial charge in [0.2, 0.25) is 0 Å². The molecule has 0 aliphatic heterocycles. The second kappa shape index (κ2) is 3.09. The van der Waals surface area contributed by atoms with E-state index in [1.54, 1.807) is 0 Å². The van der Waals surface area contributed by atoms with Gasteiger partial charge < -0.3 is 5.11 Å². The molecule has 1 aromatic rings. The molecule has 0 aromatic carbocycles. The number of hydrogen-bond acceptors (Lipinski definition) is 5. The van der Waals surface area contributed by atoms with Crippen molar-refractivity contribution in [1.82, 2.24) is 9.97 Å². The molecule has 0 amide bonds. The van der Waals surface area contributed by atoms with Crippen LogP contribution in [0.2, 0.25) is 0 Å². The first-order valence-electron chi connectivity index (χ1n) is 3.17. The van der Waals surface area contributed by atoms with Crippen molar-refractivity contribution >= 4 is 15.8 Å². The number of nitrogens with zero attached hydrogens (tertiary/aromatic N) is 2. The van der Waals surface area contributed by atoms with E-state index in [0.29, 0.717) is 0 Å². The maximum Gasteiger partial charge on any atom is 0.357 e. The topological polar surface area (TPSA) is 97.2 Å². The highest BCUT2D eigenvalue weighted by molar-refractivity contribution is 7.90. The minimum absolute atomic E-state index is 0.512. The van der Waals surface area contributed by atoms with Crippen LogP contribution in [0.1, 0.15) is 10.5 Å². The van der Waals surface area contributed by atoms with Crippen molar-refractivity contribution in [2.45, 2.75) is 5.03 Å². The molecule has 0 aliphatic carbocycles. The number of carboxylic acid groups (broad SMARTS) is 1. The number of sulfone groups is 1. The summed E-state index contributed by atoms with van der Waals surface area (Å²) in [5.74, 6) is -1.41. The Hall–Kier alpha value is -1.50. The monoisotopic (exact) mass is 202 g/mol. The Labute approximate surface area is 74.2 Å². The van der Waals surface area contributed by atoms with E-state index in [1.807, 2.05) is 0 Å². The second-order valence-electron chi connectivity index (χ2n) is 2.29. The Balaban J connectivity index is 3.46. The van der Waals surface area contributed by atoms with Gasteiger partial charge in [-0.1, -0.05) is 0 Å². The van der Waals surface area contributed by atoms with E-state index in [4.69, 9.17) is 5.11 Å². The van der Waals surface area contributed by atoms with E-state index >= 15 is 0 Å². The van der Waals surface area contributed by atoms with Gasteiger partial charge in [-0.25, -0.2) is 23.2 Å². The first-order chi connectivity index (χ1) is 5.93. The van der Waals surface area contributed by atoms with Crippen LogP contribution in [0.15, 0.2) is 17.4 Å². The van der Waals surface area contributed by atoms with Crippen LogP contribution in [0.3, 0.4) is 0 Å². The lowest BCUT2D eigenvalue weighted by atomic mass is 10.5. The van der Waals surface area contributed by atoms with Gasteiger partial charge >= 0.3 is 5.97 Å². The second-order valence-corrected chi connectivity index (χ2v) is 4.22. The summed E-state index contributed by atoms with van der Waals surface area (Å²) in [7, 11) is -3.63. The fraction of sp³-hybridized carbons (Fsp3) is 0.167. The van der Waals surface area contributed by atoms with Crippen molar-refractivity contribution in [2.75, 3.05) is 6.26 Å². The lowest BCUT2D eigenvalue weighted by molar-refractivity contribution is 0.0684. The largest absolute Gasteiger partial charge is 0.476 e. The minimum Gasteiger partial charge on any atom is -0.476 e. The molecule has 6 nitrogen and oxygen atoms in total. The molecule has 0 spiro atoms. The van der Waals surface area contributed by atoms with Crippen LogP contribution < -0.4 is 0 Å². The van der Waals surface area contributed by atoms with Crippen LogP contribution in [0.4, 0.5) is 0 Å². The molecule has 1 heterocycles. The van der Waals surface area contributed by atoms with Gasteiger partial charge in [0.1, 0.15) is 0 Å². The SMILES string of the molecule is CS(=O)(=O)c1nccnc1C(=O)O. The molecule has 0 saturated carbocycles. The molecule has 0 fully saturated rings. The zero-order valence-corrected chi connectivity index (χ0v) is 7.45. The van der Waals surface area contributed by atoms with E-state index in [2.05, 4.69) is 9.97 Å². The fourth-order valence-electron chi connectivity index (χ4n) is 0.743. The third-order valence-electron chi connectivity index (χ3n) is 1.22. The summed E-state index contributed by atoms with van der Waals surface area (Å²) in [6, 6.07) is 0. The summed E-state index contributed by atoms with van der Waals surface area (Å²) in [4.78, 5) is 17.3. The Morgan fingerprint density at radius 1 is 1.38 bits per heavy atom. The summed E-state index contributed by atoms with van der Waals surface area (Å²) in [6.45, 7) is 0. The summed E-state index contributed by atoms with van der Waals surface area (Å²) < 4.78 is 22.0. The van der Waals surface area contributed by atoms with Crippen LogP contribution in [0, 0.1) is 0 Å². The molecule has 1 rings (SSSR count). The molecular formula is C6H6N2O4S. The fourth-order valence-corrected chi connectivity index (χ4v) is 1.49. The quantitative estimate of drug-likeness (QED) is 0.699. The normalized spacial score (nSPS) is 11.2. The minimum atomic E-state index is -3.63. The van der Waals surface area contributed by atoms with Crippen molar-refractivity contribution < 1.29 is 18.3 Å². The highest BCUT2D eigenvalue weighted by Gasteiger charge is 2.20. The standard InChI is InChI=1S/C6H6N2O4S/c1-13(11,12)5-4(6(9)10)7-2-3-8-5/h2-3H,1H3,(H,9,10). The van der Waals surface area contributed by atoms with Crippen LogP contribution >= 0.6 is 0 Å². The van der Waals surface area contributed by atoms with Crippen LogP contribution in [-0.2, 0) is 9.84 Å². The van der Waals surface area contributed by atoms with E-state index < -0.39 is 26.5 Å². The van der Waals surface area contributed by atoms with E-state index in [-0.39, 0.29) is 0 Å². The van der Waals surface area contributed by atoms with Crippen LogP contribution in [0.5, 0.6) is 0 Å². The zero-order valence-electron chi connectivity index (χ0n) is 6.63. The number of hydrogen-bond donors (Lipinski definition) is 1. The van der Waals surface area contributed by atoms with Gasteiger partial charge in [-0.2, -0.15) is 0 Å². The molecule has 0 aliphatic rings. The summed E-state index contributed by atoms with van der Waals surface area (Å²) in [6.07, 6.45) is 3.13. The van der Waals surface area contributed by atoms with Crippen molar-refractivity contribution in [3.63, 3.8) is 0 Å². The van der Waals surface area contributed by atoms with Gasteiger partial charge in [0, 0.05) is 18.6 Å². The molecule has 0 atom stereocenters. The average Bonchev–Trinajstić information content (AvgIpc) is 2.03. The third kappa shape index (κ3) is 2.00. The smallest absolute Gasteiger partial charge is 0.357 e. The third-order valence-corrected chi connectivity index (χ3v) is 2.22. The molecule has 0 saturated heterocycles. The highest BCUT2D eigenvalue weighted by atomic mass is 32.2. The predicted octanol–water partition coefficient (Wildman–Crippen LogP) is -0.422. The zero-order chi connectivity index (χ0) is 10.1. The van der Waals surface area contributed by atoms with E-state index in [1.165, 1.54) is 0 Å². The molecule has 0 unspecified atom stereocenters. The molecular weight excluding hydrogens is 196 g/mol. The van der Waals surface area contributed by atoms with E-state index in [9.17, 15) is 13.2 Å².